The fraction of sp³-hybridized carbons (Fsp3) is 0.188. The van der Waals surface area contributed by atoms with Gasteiger partial charge in [-0.15, -0.1) is 16.9 Å². The molecule has 44 heavy (non-hydrogen) atoms. The van der Waals surface area contributed by atoms with Crippen molar-refractivity contribution < 1.29 is 23.9 Å². The molecule has 1 fully saturated rings. The van der Waals surface area contributed by atoms with Gasteiger partial charge in [0, 0.05) is 12.8 Å². The molecule has 6 rings (SSSR count). The molecule has 12 heteroatoms. The number of thioether (sulfide) groups is 1. The van der Waals surface area contributed by atoms with Gasteiger partial charge in [-0.1, -0.05) is 84.9 Å². The lowest BCUT2D eigenvalue weighted by molar-refractivity contribution is -0.154. The van der Waals surface area contributed by atoms with Gasteiger partial charge >= 0.3 is 5.97 Å². The van der Waals surface area contributed by atoms with Gasteiger partial charge < -0.3 is 14.8 Å². The quantitative estimate of drug-likeness (QED) is 0.213. The average molecular weight is 609 g/mol. The molecule has 11 nitrogen and oxygen atoms in total. The Morgan fingerprint density at radius 3 is 2.23 bits per heavy atom. The first-order chi connectivity index (χ1) is 21.5. The van der Waals surface area contributed by atoms with E-state index >= 15 is 0 Å². The predicted octanol–water partition coefficient (Wildman–Crippen LogP) is 3.29. The van der Waals surface area contributed by atoms with Crippen LogP contribution in [0.15, 0.2) is 108 Å². The summed E-state index contributed by atoms with van der Waals surface area (Å²) in [5.74, 6) is -0.102. The largest absolute Gasteiger partial charge is 0.484 e. The molecule has 0 saturated carbocycles. The van der Waals surface area contributed by atoms with Gasteiger partial charge in [0.05, 0.1) is 0 Å². The molecule has 2 aliphatic heterocycles. The summed E-state index contributed by atoms with van der Waals surface area (Å²) in [6.07, 6.45) is 2.69. The number of esters is 1. The molecule has 4 aromatic rings. The summed E-state index contributed by atoms with van der Waals surface area (Å²) in [7, 11) is 1.70. The molecular weight excluding hydrogens is 580 g/mol. The summed E-state index contributed by atoms with van der Waals surface area (Å²) in [5, 5.41) is 13.7. The van der Waals surface area contributed by atoms with Crippen molar-refractivity contribution in [2.75, 3.05) is 12.4 Å². The molecule has 0 aliphatic carbocycles. The molecule has 2 atom stereocenters. The molecule has 0 bridgehead atoms. The number of allylic oxidation sites excluding steroid dienone is 1. The standard InChI is InChI=1S/C32H28N6O5S/c1-37-25(34-35-36-37)18-17-23-20-44-31-27(33-26(39)19-42-24-15-9-4-10-16-24)30(40)38(31)28(23)32(41)43-29(21-11-5-2-6-12-21)22-13-7-3-8-14-22/h2-18,27,29,31H,19-20H2,1H3,(H,33,39)/t27?,31-/m1/s1. The number of aromatic nitrogens is 4. The lowest BCUT2D eigenvalue weighted by Gasteiger charge is -2.49. The van der Waals surface area contributed by atoms with Gasteiger partial charge in [-0.2, -0.15) is 0 Å². The van der Waals surface area contributed by atoms with Crippen LogP contribution in [0.2, 0.25) is 0 Å². The summed E-state index contributed by atoms with van der Waals surface area (Å²) >= 11 is 1.44. The number of fused-ring (bicyclic) bond motifs is 1. The number of ether oxygens (including phenoxy) is 2. The van der Waals surface area contributed by atoms with E-state index in [-0.39, 0.29) is 12.3 Å². The maximum absolute atomic E-state index is 14.0. The van der Waals surface area contributed by atoms with Gasteiger partial charge in [-0.25, -0.2) is 9.48 Å². The van der Waals surface area contributed by atoms with E-state index in [0.29, 0.717) is 22.9 Å². The number of rotatable bonds is 10. The molecule has 1 N–H and O–H groups in total. The highest BCUT2D eigenvalue weighted by molar-refractivity contribution is 8.00. The Morgan fingerprint density at radius 1 is 0.977 bits per heavy atom. The van der Waals surface area contributed by atoms with Crippen LogP contribution in [-0.2, 0) is 26.2 Å². The van der Waals surface area contributed by atoms with Crippen molar-refractivity contribution in [1.82, 2.24) is 30.4 Å². The van der Waals surface area contributed by atoms with Crippen LogP contribution in [0, 0.1) is 0 Å². The lowest BCUT2D eigenvalue weighted by atomic mass is 10.0. The Labute approximate surface area is 257 Å². The van der Waals surface area contributed by atoms with Crippen LogP contribution in [0.25, 0.3) is 6.08 Å². The van der Waals surface area contributed by atoms with E-state index in [0.717, 1.165) is 11.1 Å². The molecule has 222 valence electrons. The Balaban J connectivity index is 1.26. The van der Waals surface area contributed by atoms with Crippen LogP contribution in [0.4, 0.5) is 0 Å². The van der Waals surface area contributed by atoms with E-state index in [4.69, 9.17) is 9.47 Å². The number of aryl methyl sites for hydroxylation is 1. The second kappa shape index (κ2) is 13.0. The van der Waals surface area contributed by atoms with E-state index in [2.05, 4.69) is 20.8 Å². The van der Waals surface area contributed by atoms with Crippen molar-refractivity contribution in [2.45, 2.75) is 17.5 Å². The molecule has 2 amide bonds. The van der Waals surface area contributed by atoms with E-state index in [1.807, 2.05) is 66.7 Å². The van der Waals surface area contributed by atoms with Crippen LogP contribution in [0.5, 0.6) is 5.75 Å². The van der Waals surface area contributed by atoms with Crippen LogP contribution in [0.3, 0.4) is 0 Å². The van der Waals surface area contributed by atoms with Gasteiger partial charge in [0.15, 0.2) is 18.5 Å². The number of nitrogens with zero attached hydrogens (tertiary/aromatic N) is 5. The second-order valence-corrected chi connectivity index (χ2v) is 11.1. The van der Waals surface area contributed by atoms with Crippen molar-refractivity contribution in [3.63, 3.8) is 0 Å². The highest BCUT2D eigenvalue weighted by Crippen LogP contribution is 2.42. The normalized spacial score (nSPS) is 17.8. The first-order valence-electron chi connectivity index (χ1n) is 13.9. The van der Waals surface area contributed by atoms with Gasteiger partial charge in [0.1, 0.15) is 22.9 Å². The number of tetrazole rings is 1. The molecule has 0 spiro atoms. The molecular formula is C32H28N6O5S. The summed E-state index contributed by atoms with van der Waals surface area (Å²) in [6, 6.07) is 27.0. The number of nitrogens with one attached hydrogen (secondary N) is 1. The maximum Gasteiger partial charge on any atom is 0.356 e. The minimum absolute atomic E-state index is 0.119. The van der Waals surface area contributed by atoms with E-state index in [9.17, 15) is 14.4 Å². The number of para-hydroxylation sites is 1. The minimum Gasteiger partial charge on any atom is -0.484 e. The van der Waals surface area contributed by atoms with E-state index < -0.39 is 35.3 Å². The van der Waals surface area contributed by atoms with Crippen molar-refractivity contribution >= 4 is 35.6 Å². The van der Waals surface area contributed by atoms with Crippen LogP contribution in [0.1, 0.15) is 23.1 Å². The summed E-state index contributed by atoms with van der Waals surface area (Å²) in [6.45, 7) is -0.245. The lowest BCUT2D eigenvalue weighted by Crippen LogP contribution is -2.70. The van der Waals surface area contributed by atoms with Crippen LogP contribution in [-0.4, -0.2) is 66.7 Å². The fourth-order valence-electron chi connectivity index (χ4n) is 4.94. The molecule has 1 unspecified atom stereocenters. The zero-order valence-electron chi connectivity index (χ0n) is 23.6. The molecule has 2 aliphatic rings. The minimum atomic E-state index is -0.817. The first kappa shape index (κ1) is 28.9. The van der Waals surface area contributed by atoms with Crippen molar-refractivity contribution in [3.8, 4) is 5.75 Å². The molecule has 0 radical (unpaired) electrons. The Kier molecular flexibility index (Phi) is 8.50. The Morgan fingerprint density at radius 2 is 1.61 bits per heavy atom. The second-order valence-electron chi connectivity index (χ2n) is 10.0. The summed E-state index contributed by atoms with van der Waals surface area (Å²) < 4.78 is 13.2. The van der Waals surface area contributed by atoms with Crippen LogP contribution >= 0.6 is 11.8 Å². The monoisotopic (exact) mass is 608 g/mol. The van der Waals surface area contributed by atoms with E-state index in [1.165, 1.54) is 21.3 Å². The van der Waals surface area contributed by atoms with Crippen molar-refractivity contribution in [2.24, 2.45) is 7.05 Å². The van der Waals surface area contributed by atoms with Gasteiger partial charge in [0.2, 0.25) is 0 Å². The number of β-lactam (4-membered cyclic amide) rings is 1. The number of amides is 2. The van der Waals surface area contributed by atoms with Gasteiger partial charge in [0.25, 0.3) is 11.8 Å². The number of carbonyl (C=O) groups excluding carboxylic acids is 3. The number of hydrogen-bond acceptors (Lipinski definition) is 9. The van der Waals surface area contributed by atoms with Crippen molar-refractivity contribution in [1.29, 1.82) is 0 Å². The third kappa shape index (κ3) is 6.11. The average Bonchev–Trinajstić information content (AvgIpc) is 3.49. The summed E-state index contributed by atoms with van der Waals surface area (Å²) in [5.41, 5.74) is 2.27. The highest BCUT2D eigenvalue weighted by atomic mass is 32.2. The third-order valence-corrected chi connectivity index (χ3v) is 8.44. The van der Waals surface area contributed by atoms with Crippen molar-refractivity contribution in [3.05, 3.63) is 125 Å². The topological polar surface area (TPSA) is 129 Å². The third-order valence-electron chi connectivity index (χ3n) is 7.14. The predicted molar refractivity (Wildman–Crippen MR) is 163 cm³/mol. The number of benzene rings is 3. The SMILES string of the molecule is Cn1nnnc1C=CC1=C(C(=O)OC(c2ccccc2)c2ccccc2)N2C(=O)C(NC(=O)COc3ccccc3)[C@H]2SC1. The van der Waals surface area contributed by atoms with Crippen LogP contribution < -0.4 is 10.1 Å². The molecule has 3 heterocycles. The fourth-order valence-corrected chi connectivity index (χ4v) is 6.26. The highest BCUT2D eigenvalue weighted by Gasteiger charge is 2.54. The molecule has 1 aromatic heterocycles. The zero-order valence-corrected chi connectivity index (χ0v) is 24.5. The van der Waals surface area contributed by atoms with Gasteiger partial charge in [-0.3, -0.25) is 14.5 Å². The molecule has 1 saturated heterocycles. The Bertz CT molecular complexity index is 1670. The number of hydrogen-bond donors (Lipinski definition) is 1. The Hall–Kier alpha value is -5.23. The summed E-state index contributed by atoms with van der Waals surface area (Å²) in [4.78, 5) is 41.7. The molecule has 3 aromatic carbocycles. The smallest absolute Gasteiger partial charge is 0.356 e. The zero-order chi connectivity index (χ0) is 30.5. The number of carbonyl (C=O) groups is 3. The van der Waals surface area contributed by atoms with Gasteiger partial charge in [-0.05, 0) is 45.3 Å². The first-order valence-corrected chi connectivity index (χ1v) is 14.9. The van der Waals surface area contributed by atoms with E-state index in [1.54, 1.807) is 43.5 Å². The maximum atomic E-state index is 14.0.